The maximum atomic E-state index is 4.51. The summed E-state index contributed by atoms with van der Waals surface area (Å²) in [4.78, 5) is 11.1. The van der Waals surface area contributed by atoms with Gasteiger partial charge in [0.15, 0.2) is 0 Å². The van der Waals surface area contributed by atoms with Crippen molar-refractivity contribution in [3.05, 3.63) is 11.9 Å². The van der Waals surface area contributed by atoms with Gasteiger partial charge in [-0.05, 0) is 33.5 Å². The molecular weight excluding hydrogens is 226 g/mol. The van der Waals surface area contributed by atoms with Crippen molar-refractivity contribution in [2.24, 2.45) is 0 Å². The normalized spacial score (nSPS) is 10.7. The fourth-order valence-corrected chi connectivity index (χ4v) is 1.66. The van der Waals surface area contributed by atoms with Crippen LogP contribution in [0.1, 0.15) is 25.6 Å². The van der Waals surface area contributed by atoms with E-state index in [1.165, 1.54) is 0 Å². The topological polar surface area (TPSA) is 53.1 Å². The smallest absolute Gasteiger partial charge is 0.133 e. The molecule has 2 N–H and O–H groups in total. The zero-order chi connectivity index (χ0) is 13.4. The molecule has 0 spiro atoms. The van der Waals surface area contributed by atoms with Crippen LogP contribution in [0.3, 0.4) is 0 Å². The van der Waals surface area contributed by atoms with Crippen molar-refractivity contribution in [2.75, 3.05) is 44.9 Å². The summed E-state index contributed by atoms with van der Waals surface area (Å²) in [5, 5.41) is 6.43. The van der Waals surface area contributed by atoms with Crippen LogP contribution in [0.4, 0.5) is 11.6 Å². The summed E-state index contributed by atoms with van der Waals surface area (Å²) in [6, 6.07) is 1.95. The second-order valence-corrected chi connectivity index (χ2v) is 4.64. The quantitative estimate of drug-likeness (QED) is 0.690. The third kappa shape index (κ3) is 5.31. The average molecular weight is 251 g/mol. The number of nitrogens with one attached hydrogen (secondary N) is 2. The molecule has 0 bridgehead atoms. The third-order valence-corrected chi connectivity index (χ3v) is 2.59. The van der Waals surface area contributed by atoms with Crippen LogP contribution in [0.15, 0.2) is 6.07 Å². The summed E-state index contributed by atoms with van der Waals surface area (Å²) in [5.74, 6) is 2.69. The molecule has 0 amide bonds. The van der Waals surface area contributed by atoms with Crippen LogP contribution in [0.5, 0.6) is 0 Å². The molecule has 102 valence electrons. The molecule has 0 radical (unpaired) electrons. The summed E-state index contributed by atoms with van der Waals surface area (Å²) in [6.07, 6.45) is 3.09. The van der Waals surface area contributed by atoms with Crippen LogP contribution in [-0.2, 0) is 6.42 Å². The van der Waals surface area contributed by atoms with E-state index in [9.17, 15) is 0 Å². The Labute approximate surface area is 110 Å². The fourth-order valence-electron chi connectivity index (χ4n) is 1.66. The van der Waals surface area contributed by atoms with Gasteiger partial charge in [-0.2, -0.15) is 0 Å². The van der Waals surface area contributed by atoms with Gasteiger partial charge in [-0.3, -0.25) is 0 Å². The van der Waals surface area contributed by atoms with Gasteiger partial charge in [-0.1, -0.05) is 6.92 Å². The highest BCUT2D eigenvalue weighted by Crippen LogP contribution is 2.11. The van der Waals surface area contributed by atoms with E-state index in [-0.39, 0.29) is 0 Å². The van der Waals surface area contributed by atoms with Crippen LogP contribution in [0.2, 0.25) is 0 Å². The van der Waals surface area contributed by atoms with Gasteiger partial charge in [0, 0.05) is 26.1 Å². The number of aryl methyl sites for hydroxylation is 1. The lowest BCUT2D eigenvalue weighted by Crippen LogP contribution is -2.17. The predicted octanol–water partition coefficient (Wildman–Crippen LogP) is 1.83. The van der Waals surface area contributed by atoms with Crippen LogP contribution in [0.25, 0.3) is 0 Å². The minimum Gasteiger partial charge on any atom is -0.373 e. The van der Waals surface area contributed by atoms with E-state index < -0.39 is 0 Å². The molecule has 0 saturated heterocycles. The number of aromatic nitrogens is 2. The maximum Gasteiger partial charge on any atom is 0.133 e. The molecule has 0 aliphatic carbocycles. The summed E-state index contributed by atoms with van der Waals surface area (Å²) < 4.78 is 0. The molecule has 0 fully saturated rings. The Hall–Kier alpha value is -1.36. The van der Waals surface area contributed by atoms with E-state index in [0.717, 1.165) is 49.8 Å². The monoisotopic (exact) mass is 251 g/mol. The summed E-state index contributed by atoms with van der Waals surface area (Å²) in [5.41, 5.74) is 0. The van der Waals surface area contributed by atoms with Crippen LogP contribution in [-0.4, -0.2) is 49.1 Å². The van der Waals surface area contributed by atoms with Gasteiger partial charge in [0.2, 0.25) is 0 Å². The molecule has 0 saturated carbocycles. The summed E-state index contributed by atoms with van der Waals surface area (Å²) in [7, 11) is 6.06. The molecule has 0 aliphatic heterocycles. The van der Waals surface area contributed by atoms with Gasteiger partial charge in [0.1, 0.15) is 17.5 Å². The zero-order valence-corrected chi connectivity index (χ0v) is 12.0. The minimum absolute atomic E-state index is 0.878. The standard InChI is InChI=1S/C13H25N5/c1-5-7-11-16-12(14-2)10-13(17-11)15-8-6-9-18(3)4/h10H,5-9H2,1-4H3,(H2,14,15,16,17). The minimum atomic E-state index is 0.878. The lowest BCUT2D eigenvalue weighted by atomic mass is 10.3. The largest absolute Gasteiger partial charge is 0.373 e. The van der Waals surface area contributed by atoms with Gasteiger partial charge in [0.25, 0.3) is 0 Å². The Morgan fingerprint density at radius 3 is 2.56 bits per heavy atom. The van der Waals surface area contributed by atoms with E-state index in [2.05, 4.69) is 46.5 Å². The Bertz CT molecular complexity index is 351. The average Bonchev–Trinajstić information content (AvgIpc) is 2.34. The van der Waals surface area contributed by atoms with Crippen molar-refractivity contribution < 1.29 is 0 Å². The van der Waals surface area contributed by atoms with Crippen molar-refractivity contribution in [1.29, 1.82) is 0 Å². The first-order valence-electron chi connectivity index (χ1n) is 6.60. The molecule has 1 heterocycles. The first-order valence-corrected chi connectivity index (χ1v) is 6.60. The van der Waals surface area contributed by atoms with Gasteiger partial charge in [-0.25, -0.2) is 9.97 Å². The molecule has 0 unspecified atom stereocenters. The SMILES string of the molecule is CCCc1nc(NC)cc(NCCCN(C)C)n1. The van der Waals surface area contributed by atoms with Crippen molar-refractivity contribution in [3.63, 3.8) is 0 Å². The summed E-state index contributed by atoms with van der Waals surface area (Å²) in [6.45, 7) is 4.16. The molecule has 1 aromatic rings. The van der Waals surface area contributed by atoms with Crippen molar-refractivity contribution in [3.8, 4) is 0 Å². The van der Waals surface area contributed by atoms with Crippen molar-refractivity contribution in [2.45, 2.75) is 26.2 Å². The Morgan fingerprint density at radius 1 is 1.22 bits per heavy atom. The van der Waals surface area contributed by atoms with Gasteiger partial charge in [-0.15, -0.1) is 0 Å². The van der Waals surface area contributed by atoms with E-state index in [4.69, 9.17) is 0 Å². The lowest BCUT2D eigenvalue weighted by Gasteiger charge is -2.11. The van der Waals surface area contributed by atoms with Crippen LogP contribution in [0, 0.1) is 0 Å². The lowest BCUT2D eigenvalue weighted by molar-refractivity contribution is 0.405. The predicted molar refractivity (Wildman–Crippen MR) is 77.2 cm³/mol. The molecule has 0 aromatic carbocycles. The zero-order valence-electron chi connectivity index (χ0n) is 12.0. The van der Waals surface area contributed by atoms with Gasteiger partial charge in [0.05, 0.1) is 0 Å². The van der Waals surface area contributed by atoms with E-state index in [1.54, 1.807) is 0 Å². The molecule has 0 aliphatic rings. The van der Waals surface area contributed by atoms with Crippen molar-refractivity contribution in [1.82, 2.24) is 14.9 Å². The van der Waals surface area contributed by atoms with Gasteiger partial charge < -0.3 is 15.5 Å². The van der Waals surface area contributed by atoms with Crippen LogP contribution < -0.4 is 10.6 Å². The van der Waals surface area contributed by atoms with Gasteiger partial charge >= 0.3 is 0 Å². The Morgan fingerprint density at radius 2 is 1.94 bits per heavy atom. The molecule has 5 heteroatoms. The number of hydrogen-bond acceptors (Lipinski definition) is 5. The molecule has 0 atom stereocenters. The highest BCUT2D eigenvalue weighted by Gasteiger charge is 2.02. The fraction of sp³-hybridized carbons (Fsp3) is 0.692. The second kappa shape index (κ2) is 7.87. The molecule has 18 heavy (non-hydrogen) atoms. The highest BCUT2D eigenvalue weighted by atomic mass is 15.1. The first kappa shape index (κ1) is 14.7. The van der Waals surface area contributed by atoms with E-state index in [0.29, 0.717) is 0 Å². The number of anilines is 2. The van der Waals surface area contributed by atoms with E-state index >= 15 is 0 Å². The second-order valence-electron chi connectivity index (χ2n) is 4.64. The number of nitrogens with zero attached hydrogens (tertiary/aromatic N) is 3. The Balaban J connectivity index is 2.55. The molecule has 1 aromatic heterocycles. The summed E-state index contributed by atoms with van der Waals surface area (Å²) >= 11 is 0. The Kier molecular flexibility index (Phi) is 6.43. The molecule has 1 rings (SSSR count). The highest BCUT2D eigenvalue weighted by molar-refractivity contribution is 5.47. The number of rotatable bonds is 8. The maximum absolute atomic E-state index is 4.51. The number of hydrogen-bond donors (Lipinski definition) is 2. The third-order valence-electron chi connectivity index (χ3n) is 2.59. The van der Waals surface area contributed by atoms with Crippen molar-refractivity contribution >= 4 is 11.6 Å². The molecular formula is C13H25N5. The van der Waals surface area contributed by atoms with Crippen LogP contribution >= 0.6 is 0 Å². The molecule has 5 nitrogen and oxygen atoms in total. The van der Waals surface area contributed by atoms with E-state index in [1.807, 2.05) is 13.1 Å². The first-order chi connectivity index (χ1) is 8.65.